The summed E-state index contributed by atoms with van der Waals surface area (Å²) in [6, 6.07) is 14.7. The summed E-state index contributed by atoms with van der Waals surface area (Å²) in [5, 5.41) is 5.63. The maximum Gasteiger partial charge on any atom is 0.238 e. The molecule has 0 fully saturated rings. The summed E-state index contributed by atoms with van der Waals surface area (Å²) in [5.41, 5.74) is 1.83. The predicted octanol–water partition coefficient (Wildman–Crippen LogP) is 3.98. The SMILES string of the molecule is Cc1cc(-c2c(-c3ccc(S(N)(=O)=O)cc3)oc3ccccc3c2=O)c(C)o1. The Hall–Kier alpha value is -3.16. The summed E-state index contributed by atoms with van der Waals surface area (Å²) in [6.07, 6.45) is 0. The van der Waals surface area contributed by atoms with E-state index in [0.717, 1.165) is 0 Å². The Kier molecular flexibility index (Phi) is 4.21. The fraction of sp³-hybridized carbons (Fsp3) is 0.0952. The standard InChI is InChI=1S/C21H17NO5S/c1-12-11-17(13(2)26-12)19-20(23)16-5-3-4-6-18(16)27-21(19)14-7-9-15(10-8-14)28(22,24)25/h3-11H,1-2H3,(H2,22,24,25). The van der Waals surface area contributed by atoms with Gasteiger partial charge in [0.15, 0.2) is 0 Å². The van der Waals surface area contributed by atoms with E-state index in [0.29, 0.717) is 44.9 Å². The first-order chi connectivity index (χ1) is 13.3. The van der Waals surface area contributed by atoms with E-state index in [1.54, 1.807) is 56.3 Å². The molecule has 7 heteroatoms. The van der Waals surface area contributed by atoms with Crippen molar-refractivity contribution in [1.82, 2.24) is 0 Å². The van der Waals surface area contributed by atoms with Crippen LogP contribution in [0.1, 0.15) is 11.5 Å². The van der Waals surface area contributed by atoms with Crippen molar-refractivity contribution < 1.29 is 17.3 Å². The number of primary sulfonamides is 1. The molecule has 2 heterocycles. The van der Waals surface area contributed by atoms with Crippen molar-refractivity contribution in [2.45, 2.75) is 18.7 Å². The van der Waals surface area contributed by atoms with Crippen molar-refractivity contribution in [2.24, 2.45) is 5.14 Å². The zero-order valence-electron chi connectivity index (χ0n) is 15.2. The maximum atomic E-state index is 13.3. The Morgan fingerprint density at radius 2 is 1.61 bits per heavy atom. The molecule has 2 N–H and O–H groups in total. The third-order valence-corrected chi connectivity index (χ3v) is 5.48. The molecular weight excluding hydrogens is 378 g/mol. The number of sulfonamides is 1. The van der Waals surface area contributed by atoms with Crippen LogP contribution in [-0.4, -0.2) is 8.42 Å². The molecule has 0 bridgehead atoms. The molecule has 0 spiro atoms. The first kappa shape index (κ1) is 18.2. The van der Waals surface area contributed by atoms with Crippen LogP contribution in [0, 0.1) is 13.8 Å². The molecule has 0 radical (unpaired) electrons. The fourth-order valence-electron chi connectivity index (χ4n) is 3.26. The molecule has 28 heavy (non-hydrogen) atoms. The minimum Gasteiger partial charge on any atom is -0.466 e. The average Bonchev–Trinajstić information content (AvgIpc) is 2.99. The van der Waals surface area contributed by atoms with E-state index in [2.05, 4.69) is 0 Å². The van der Waals surface area contributed by atoms with Crippen molar-refractivity contribution in [3.05, 3.63) is 76.3 Å². The number of aryl methyl sites for hydroxylation is 2. The summed E-state index contributed by atoms with van der Waals surface area (Å²) in [7, 11) is -3.82. The number of fused-ring (bicyclic) bond motifs is 1. The second-order valence-electron chi connectivity index (χ2n) is 6.53. The van der Waals surface area contributed by atoms with Crippen molar-refractivity contribution >= 4 is 21.0 Å². The minimum absolute atomic E-state index is 0.0173. The summed E-state index contributed by atoms with van der Waals surface area (Å²) in [6.45, 7) is 3.59. The zero-order chi connectivity index (χ0) is 20.1. The Bertz CT molecular complexity index is 1360. The van der Waals surface area contributed by atoms with Crippen LogP contribution in [0.3, 0.4) is 0 Å². The third-order valence-electron chi connectivity index (χ3n) is 4.55. The highest BCUT2D eigenvalue weighted by Crippen LogP contribution is 2.35. The van der Waals surface area contributed by atoms with Gasteiger partial charge in [0.1, 0.15) is 22.9 Å². The molecule has 0 atom stereocenters. The van der Waals surface area contributed by atoms with E-state index in [1.807, 2.05) is 0 Å². The second-order valence-corrected chi connectivity index (χ2v) is 8.09. The van der Waals surface area contributed by atoms with Gasteiger partial charge in [0.2, 0.25) is 15.5 Å². The molecule has 0 saturated carbocycles. The topological polar surface area (TPSA) is 104 Å². The van der Waals surface area contributed by atoms with Crippen LogP contribution < -0.4 is 10.6 Å². The maximum absolute atomic E-state index is 13.3. The van der Waals surface area contributed by atoms with E-state index in [4.69, 9.17) is 14.0 Å². The first-order valence-corrected chi connectivity index (χ1v) is 10.1. The molecule has 2 aromatic carbocycles. The van der Waals surface area contributed by atoms with Crippen LogP contribution in [0.15, 0.2) is 73.1 Å². The highest BCUT2D eigenvalue weighted by Gasteiger charge is 2.21. The number of nitrogens with two attached hydrogens (primary N) is 1. The van der Waals surface area contributed by atoms with Crippen LogP contribution in [0.4, 0.5) is 0 Å². The number of furan rings is 1. The zero-order valence-corrected chi connectivity index (χ0v) is 16.0. The van der Waals surface area contributed by atoms with E-state index in [-0.39, 0.29) is 10.3 Å². The number of hydrogen-bond donors (Lipinski definition) is 1. The largest absolute Gasteiger partial charge is 0.466 e. The van der Waals surface area contributed by atoms with Gasteiger partial charge in [-0.15, -0.1) is 0 Å². The molecule has 6 nitrogen and oxygen atoms in total. The summed E-state index contributed by atoms with van der Waals surface area (Å²) >= 11 is 0. The van der Waals surface area contributed by atoms with E-state index in [9.17, 15) is 13.2 Å². The van der Waals surface area contributed by atoms with Gasteiger partial charge in [0, 0.05) is 11.1 Å². The fourth-order valence-corrected chi connectivity index (χ4v) is 3.78. The van der Waals surface area contributed by atoms with Gasteiger partial charge in [-0.1, -0.05) is 12.1 Å². The van der Waals surface area contributed by atoms with Crippen molar-refractivity contribution in [3.63, 3.8) is 0 Å². The molecule has 142 valence electrons. The van der Waals surface area contributed by atoms with Gasteiger partial charge in [-0.2, -0.15) is 0 Å². The molecule has 2 aromatic heterocycles. The quantitative estimate of drug-likeness (QED) is 0.565. The Morgan fingerprint density at radius 3 is 2.21 bits per heavy atom. The van der Waals surface area contributed by atoms with Gasteiger partial charge in [-0.25, -0.2) is 13.6 Å². The van der Waals surface area contributed by atoms with E-state index < -0.39 is 10.0 Å². The summed E-state index contributed by atoms with van der Waals surface area (Å²) in [5.74, 6) is 1.62. The smallest absolute Gasteiger partial charge is 0.238 e. The Labute approximate surface area is 161 Å². The molecule has 0 aliphatic rings. The number of benzene rings is 2. The Morgan fingerprint density at radius 1 is 0.929 bits per heavy atom. The van der Waals surface area contributed by atoms with Crippen LogP contribution in [-0.2, 0) is 10.0 Å². The monoisotopic (exact) mass is 395 g/mol. The normalized spacial score (nSPS) is 11.8. The molecule has 0 saturated heterocycles. The van der Waals surface area contributed by atoms with Crippen LogP contribution in [0.5, 0.6) is 0 Å². The van der Waals surface area contributed by atoms with Gasteiger partial charge in [0.25, 0.3) is 0 Å². The lowest BCUT2D eigenvalue weighted by atomic mass is 9.98. The van der Waals surface area contributed by atoms with Gasteiger partial charge in [-0.3, -0.25) is 4.79 Å². The first-order valence-electron chi connectivity index (χ1n) is 8.52. The van der Waals surface area contributed by atoms with Gasteiger partial charge in [0.05, 0.1) is 15.8 Å². The van der Waals surface area contributed by atoms with Crippen molar-refractivity contribution in [2.75, 3.05) is 0 Å². The average molecular weight is 395 g/mol. The van der Waals surface area contributed by atoms with Crippen LogP contribution in [0.25, 0.3) is 33.4 Å². The van der Waals surface area contributed by atoms with Gasteiger partial charge in [-0.05, 0) is 56.3 Å². The number of hydrogen-bond acceptors (Lipinski definition) is 5. The third kappa shape index (κ3) is 3.04. The van der Waals surface area contributed by atoms with Crippen LogP contribution >= 0.6 is 0 Å². The molecule has 0 aliphatic heterocycles. The summed E-state index contributed by atoms with van der Waals surface area (Å²) in [4.78, 5) is 13.3. The van der Waals surface area contributed by atoms with E-state index in [1.165, 1.54) is 12.1 Å². The molecular formula is C21H17NO5S. The lowest BCUT2D eigenvalue weighted by molar-refractivity contribution is 0.505. The number of para-hydroxylation sites is 1. The molecule has 4 rings (SSSR count). The predicted molar refractivity (Wildman–Crippen MR) is 106 cm³/mol. The molecule has 0 unspecified atom stereocenters. The molecule has 4 aromatic rings. The summed E-state index contributed by atoms with van der Waals surface area (Å²) < 4.78 is 34.8. The van der Waals surface area contributed by atoms with Gasteiger partial charge >= 0.3 is 0 Å². The van der Waals surface area contributed by atoms with Crippen LogP contribution in [0.2, 0.25) is 0 Å². The van der Waals surface area contributed by atoms with Crippen molar-refractivity contribution in [1.29, 1.82) is 0 Å². The second kappa shape index (κ2) is 6.47. The highest BCUT2D eigenvalue weighted by atomic mass is 32.2. The van der Waals surface area contributed by atoms with Crippen molar-refractivity contribution in [3.8, 4) is 22.5 Å². The minimum atomic E-state index is -3.82. The highest BCUT2D eigenvalue weighted by molar-refractivity contribution is 7.89. The Balaban J connectivity index is 2.06. The molecule has 0 aliphatic carbocycles. The number of rotatable bonds is 3. The molecule has 0 amide bonds. The lowest BCUT2D eigenvalue weighted by Crippen LogP contribution is -2.12. The lowest BCUT2D eigenvalue weighted by Gasteiger charge is -2.10. The van der Waals surface area contributed by atoms with Gasteiger partial charge < -0.3 is 8.83 Å². The van der Waals surface area contributed by atoms with E-state index >= 15 is 0 Å².